The van der Waals surface area contributed by atoms with Gasteiger partial charge in [0.1, 0.15) is 0 Å². The Kier molecular flexibility index (Phi) is 5.16. The lowest BCUT2D eigenvalue weighted by atomic mass is 9.93. The van der Waals surface area contributed by atoms with Gasteiger partial charge in [-0.1, -0.05) is 6.92 Å². The van der Waals surface area contributed by atoms with E-state index in [1.165, 1.54) is 12.8 Å². The van der Waals surface area contributed by atoms with E-state index in [1.807, 2.05) is 30.3 Å². The van der Waals surface area contributed by atoms with Gasteiger partial charge in [0, 0.05) is 38.9 Å². The lowest BCUT2D eigenvalue weighted by molar-refractivity contribution is -0.127. The Morgan fingerprint density at radius 3 is 2.96 bits per heavy atom. The van der Waals surface area contributed by atoms with Gasteiger partial charge in [-0.2, -0.15) is 0 Å². The standard InChI is InChI=1S/C18H27N3O2/c1-3-15-13-14(8-12-23-15)18(22)20(2)16-7-6-9-19-17(16)21-10-4-5-11-21/h6-7,9,14-15H,3-5,8,10-13H2,1-2H3/t14-,15+/m1/s1. The van der Waals surface area contributed by atoms with Crippen molar-refractivity contribution in [3.05, 3.63) is 18.3 Å². The fourth-order valence-electron chi connectivity index (χ4n) is 3.60. The van der Waals surface area contributed by atoms with E-state index >= 15 is 0 Å². The van der Waals surface area contributed by atoms with Gasteiger partial charge >= 0.3 is 0 Å². The number of hydrogen-bond acceptors (Lipinski definition) is 4. The highest BCUT2D eigenvalue weighted by Crippen LogP contribution is 2.31. The van der Waals surface area contributed by atoms with Crippen LogP contribution in [-0.4, -0.2) is 43.7 Å². The molecule has 5 heteroatoms. The average Bonchev–Trinajstić information content (AvgIpc) is 3.15. The van der Waals surface area contributed by atoms with E-state index in [1.54, 1.807) is 0 Å². The maximum Gasteiger partial charge on any atom is 0.230 e. The number of aromatic nitrogens is 1. The van der Waals surface area contributed by atoms with Gasteiger partial charge < -0.3 is 14.5 Å². The molecule has 0 saturated carbocycles. The highest BCUT2D eigenvalue weighted by atomic mass is 16.5. The minimum absolute atomic E-state index is 0.0605. The van der Waals surface area contributed by atoms with Crippen LogP contribution in [0.5, 0.6) is 0 Å². The fraction of sp³-hybridized carbons (Fsp3) is 0.667. The summed E-state index contributed by atoms with van der Waals surface area (Å²) in [5.74, 6) is 1.20. The molecule has 2 aliphatic rings. The molecule has 3 rings (SSSR count). The topological polar surface area (TPSA) is 45.7 Å². The Hall–Kier alpha value is -1.62. The molecule has 0 spiro atoms. The Labute approximate surface area is 138 Å². The zero-order valence-corrected chi connectivity index (χ0v) is 14.2. The average molecular weight is 317 g/mol. The number of amides is 1. The summed E-state index contributed by atoms with van der Waals surface area (Å²) < 4.78 is 5.71. The molecule has 0 radical (unpaired) electrons. The van der Waals surface area contributed by atoms with Crippen molar-refractivity contribution < 1.29 is 9.53 Å². The lowest BCUT2D eigenvalue weighted by Gasteiger charge is -2.32. The summed E-state index contributed by atoms with van der Waals surface area (Å²) in [7, 11) is 1.88. The Balaban J connectivity index is 1.77. The van der Waals surface area contributed by atoms with E-state index in [0.717, 1.165) is 43.9 Å². The van der Waals surface area contributed by atoms with Crippen LogP contribution >= 0.6 is 0 Å². The van der Waals surface area contributed by atoms with Crippen LogP contribution < -0.4 is 9.80 Å². The first-order valence-corrected chi connectivity index (χ1v) is 8.79. The van der Waals surface area contributed by atoms with E-state index in [4.69, 9.17) is 4.74 Å². The van der Waals surface area contributed by atoms with Gasteiger partial charge in [0.25, 0.3) is 0 Å². The highest BCUT2D eigenvalue weighted by Gasteiger charge is 2.31. The molecule has 0 aromatic carbocycles. The van der Waals surface area contributed by atoms with Crippen LogP contribution in [0.2, 0.25) is 0 Å². The van der Waals surface area contributed by atoms with E-state index in [9.17, 15) is 4.79 Å². The fourth-order valence-corrected chi connectivity index (χ4v) is 3.60. The molecular weight excluding hydrogens is 290 g/mol. The van der Waals surface area contributed by atoms with Gasteiger partial charge in [-0.15, -0.1) is 0 Å². The first kappa shape index (κ1) is 16.2. The quantitative estimate of drug-likeness (QED) is 0.856. The smallest absolute Gasteiger partial charge is 0.230 e. The van der Waals surface area contributed by atoms with Gasteiger partial charge in [-0.3, -0.25) is 4.79 Å². The van der Waals surface area contributed by atoms with E-state index in [0.29, 0.717) is 6.61 Å². The summed E-state index contributed by atoms with van der Waals surface area (Å²) in [6.45, 7) is 4.87. The van der Waals surface area contributed by atoms with E-state index in [-0.39, 0.29) is 17.9 Å². The van der Waals surface area contributed by atoms with Crippen LogP contribution in [0.4, 0.5) is 11.5 Å². The Morgan fingerprint density at radius 2 is 2.22 bits per heavy atom. The molecular formula is C18H27N3O2. The molecule has 2 aliphatic heterocycles. The largest absolute Gasteiger partial charge is 0.378 e. The van der Waals surface area contributed by atoms with Gasteiger partial charge in [-0.25, -0.2) is 4.98 Å². The molecule has 23 heavy (non-hydrogen) atoms. The number of carbonyl (C=O) groups is 1. The van der Waals surface area contributed by atoms with Gasteiger partial charge in [0.15, 0.2) is 5.82 Å². The molecule has 0 aliphatic carbocycles. The molecule has 126 valence electrons. The predicted octanol–water partition coefficient (Wildman–Crippen LogP) is 2.85. The second-order valence-electron chi connectivity index (χ2n) is 6.56. The van der Waals surface area contributed by atoms with Gasteiger partial charge in [0.2, 0.25) is 5.91 Å². The van der Waals surface area contributed by atoms with Gasteiger partial charge in [0.05, 0.1) is 11.8 Å². The summed E-state index contributed by atoms with van der Waals surface area (Å²) >= 11 is 0. The number of anilines is 2. The number of nitrogens with zero attached hydrogens (tertiary/aromatic N) is 3. The van der Waals surface area contributed by atoms with Crippen molar-refractivity contribution in [3.63, 3.8) is 0 Å². The highest BCUT2D eigenvalue weighted by molar-refractivity contribution is 5.97. The van der Waals surface area contributed by atoms with Crippen molar-refractivity contribution in [2.45, 2.75) is 45.1 Å². The molecule has 5 nitrogen and oxygen atoms in total. The van der Waals surface area contributed by atoms with Gasteiger partial charge in [-0.05, 0) is 44.2 Å². The summed E-state index contributed by atoms with van der Waals surface area (Å²) in [6.07, 6.45) is 7.06. The zero-order valence-electron chi connectivity index (χ0n) is 14.2. The third-order valence-corrected chi connectivity index (χ3v) is 5.04. The summed E-state index contributed by atoms with van der Waals surface area (Å²) in [5.41, 5.74) is 0.930. The predicted molar refractivity (Wildman–Crippen MR) is 91.8 cm³/mol. The maximum absolute atomic E-state index is 13.0. The Morgan fingerprint density at radius 1 is 1.43 bits per heavy atom. The number of carbonyl (C=O) groups excluding carboxylic acids is 1. The molecule has 3 heterocycles. The van der Waals surface area contributed by atoms with Crippen molar-refractivity contribution in [3.8, 4) is 0 Å². The van der Waals surface area contributed by atoms with Crippen molar-refractivity contribution >= 4 is 17.4 Å². The van der Waals surface area contributed by atoms with Crippen LogP contribution in [0.25, 0.3) is 0 Å². The van der Waals surface area contributed by atoms with Crippen LogP contribution in [0.1, 0.15) is 39.0 Å². The molecule has 1 aromatic heterocycles. The van der Waals surface area contributed by atoms with Crippen LogP contribution in [0, 0.1) is 5.92 Å². The minimum Gasteiger partial charge on any atom is -0.378 e. The third kappa shape index (κ3) is 3.50. The van der Waals surface area contributed by atoms with Crippen molar-refractivity contribution in [1.82, 2.24) is 4.98 Å². The monoisotopic (exact) mass is 317 g/mol. The molecule has 0 N–H and O–H groups in total. The molecule has 2 fully saturated rings. The summed E-state index contributed by atoms with van der Waals surface area (Å²) in [4.78, 5) is 21.6. The first-order chi connectivity index (χ1) is 11.2. The number of pyridine rings is 1. The van der Waals surface area contributed by atoms with Crippen molar-refractivity contribution in [2.75, 3.05) is 36.5 Å². The van der Waals surface area contributed by atoms with E-state index < -0.39 is 0 Å². The summed E-state index contributed by atoms with van der Waals surface area (Å²) in [6, 6.07) is 3.92. The molecule has 0 bridgehead atoms. The second kappa shape index (κ2) is 7.30. The number of ether oxygens (including phenoxy) is 1. The molecule has 0 unspecified atom stereocenters. The van der Waals surface area contributed by atoms with Crippen molar-refractivity contribution in [1.29, 1.82) is 0 Å². The van der Waals surface area contributed by atoms with Crippen molar-refractivity contribution in [2.24, 2.45) is 5.92 Å². The molecule has 1 aromatic rings. The molecule has 2 atom stereocenters. The summed E-state index contributed by atoms with van der Waals surface area (Å²) in [5, 5.41) is 0. The second-order valence-corrected chi connectivity index (χ2v) is 6.56. The van der Waals surface area contributed by atoms with E-state index in [2.05, 4.69) is 16.8 Å². The zero-order chi connectivity index (χ0) is 16.2. The van der Waals surface area contributed by atoms with Crippen LogP contribution in [0.15, 0.2) is 18.3 Å². The number of rotatable bonds is 4. The first-order valence-electron chi connectivity index (χ1n) is 8.79. The third-order valence-electron chi connectivity index (χ3n) is 5.04. The normalized spacial score (nSPS) is 24.7. The van der Waals surface area contributed by atoms with Crippen LogP contribution in [0.3, 0.4) is 0 Å². The van der Waals surface area contributed by atoms with Crippen LogP contribution in [-0.2, 0) is 9.53 Å². The molecule has 2 saturated heterocycles. The number of hydrogen-bond donors (Lipinski definition) is 0. The Bertz CT molecular complexity index is 543. The minimum atomic E-state index is 0.0605. The lowest BCUT2D eigenvalue weighted by Crippen LogP contribution is -2.39. The maximum atomic E-state index is 13.0. The molecule has 1 amide bonds. The SMILES string of the molecule is CC[C@H]1C[C@H](C(=O)N(C)c2cccnc2N2CCCC2)CCO1.